The van der Waals surface area contributed by atoms with E-state index in [4.69, 9.17) is 11.6 Å². The highest BCUT2D eigenvalue weighted by Crippen LogP contribution is 2.26. The molecule has 2 heterocycles. The van der Waals surface area contributed by atoms with Crippen LogP contribution >= 0.6 is 11.6 Å². The average molecular weight is 352 g/mol. The number of aryl methyl sites for hydroxylation is 1. The predicted octanol–water partition coefficient (Wildman–Crippen LogP) is 3.00. The van der Waals surface area contributed by atoms with Crippen LogP contribution in [0.4, 0.5) is 0 Å². The molecule has 5 nitrogen and oxygen atoms in total. The van der Waals surface area contributed by atoms with E-state index in [0.717, 1.165) is 6.42 Å². The minimum absolute atomic E-state index is 0.204. The van der Waals surface area contributed by atoms with Gasteiger partial charge in [0.1, 0.15) is 5.65 Å². The van der Waals surface area contributed by atoms with E-state index < -0.39 is 10.8 Å². The maximum absolute atomic E-state index is 12.7. The summed E-state index contributed by atoms with van der Waals surface area (Å²) in [5, 5.41) is 1.44. The van der Waals surface area contributed by atoms with Crippen LogP contribution < -0.4 is 5.56 Å². The molecule has 0 spiro atoms. The highest BCUT2D eigenvalue weighted by atomic mass is 35.5. The van der Waals surface area contributed by atoms with Crippen molar-refractivity contribution in [3.63, 3.8) is 0 Å². The van der Waals surface area contributed by atoms with Gasteiger partial charge in [0.15, 0.2) is 0 Å². The van der Waals surface area contributed by atoms with Crippen molar-refractivity contribution in [3.8, 4) is 0 Å². The third-order valence-corrected chi connectivity index (χ3v) is 4.47. The molecule has 0 saturated carbocycles. The SMILES string of the molecule is C/C=C(\C(Cl)=C/CC)c1cc2cnc(S(C)=O)nc2n(C)c1=O. The van der Waals surface area contributed by atoms with E-state index in [1.165, 1.54) is 10.8 Å². The van der Waals surface area contributed by atoms with Crippen molar-refractivity contribution < 1.29 is 4.21 Å². The maximum atomic E-state index is 12.7. The van der Waals surface area contributed by atoms with Crippen LogP contribution in [0.3, 0.4) is 0 Å². The molecule has 1 unspecified atom stereocenters. The number of aromatic nitrogens is 3. The van der Waals surface area contributed by atoms with Crippen molar-refractivity contribution in [2.45, 2.75) is 25.4 Å². The summed E-state index contributed by atoms with van der Waals surface area (Å²) < 4.78 is 13.0. The zero-order valence-electron chi connectivity index (χ0n) is 13.5. The van der Waals surface area contributed by atoms with E-state index >= 15 is 0 Å². The largest absolute Gasteiger partial charge is 0.295 e. The summed E-state index contributed by atoms with van der Waals surface area (Å²) in [6, 6.07) is 1.72. The van der Waals surface area contributed by atoms with Gasteiger partial charge in [0.05, 0.1) is 10.8 Å². The molecule has 0 amide bonds. The van der Waals surface area contributed by atoms with Gasteiger partial charge >= 0.3 is 0 Å². The lowest BCUT2D eigenvalue weighted by molar-refractivity contribution is 0.679. The molecular weight excluding hydrogens is 334 g/mol. The topological polar surface area (TPSA) is 64.8 Å². The number of pyridine rings is 1. The van der Waals surface area contributed by atoms with E-state index in [1.54, 1.807) is 19.3 Å². The summed E-state index contributed by atoms with van der Waals surface area (Å²) in [5.74, 6) is 0. The van der Waals surface area contributed by atoms with Crippen molar-refractivity contribution in [1.82, 2.24) is 14.5 Å². The molecule has 2 aromatic heterocycles. The Morgan fingerprint density at radius 3 is 2.74 bits per heavy atom. The molecular formula is C16H18ClN3O2S. The fourth-order valence-electron chi connectivity index (χ4n) is 2.27. The normalized spacial score (nSPS) is 14.3. The molecule has 0 aromatic carbocycles. The van der Waals surface area contributed by atoms with Crippen molar-refractivity contribution in [1.29, 1.82) is 0 Å². The van der Waals surface area contributed by atoms with Crippen molar-refractivity contribution in [2.75, 3.05) is 6.26 Å². The first-order valence-electron chi connectivity index (χ1n) is 7.13. The molecule has 0 aliphatic heterocycles. The maximum Gasteiger partial charge on any atom is 0.259 e. The van der Waals surface area contributed by atoms with Gasteiger partial charge in [-0.1, -0.05) is 30.7 Å². The van der Waals surface area contributed by atoms with E-state index in [9.17, 15) is 9.00 Å². The average Bonchev–Trinajstić information content (AvgIpc) is 2.52. The van der Waals surface area contributed by atoms with Crippen molar-refractivity contribution in [2.24, 2.45) is 7.05 Å². The summed E-state index contributed by atoms with van der Waals surface area (Å²) >= 11 is 6.30. The molecule has 23 heavy (non-hydrogen) atoms. The van der Waals surface area contributed by atoms with Crippen molar-refractivity contribution >= 4 is 39.0 Å². The minimum atomic E-state index is -1.30. The lowest BCUT2D eigenvalue weighted by atomic mass is 10.0. The van der Waals surface area contributed by atoms with Gasteiger partial charge in [-0.2, -0.15) is 0 Å². The Kier molecular flexibility index (Phi) is 5.49. The predicted molar refractivity (Wildman–Crippen MR) is 95.0 cm³/mol. The molecule has 0 bridgehead atoms. The highest BCUT2D eigenvalue weighted by molar-refractivity contribution is 7.84. The van der Waals surface area contributed by atoms with Gasteiger partial charge in [-0.3, -0.25) is 13.6 Å². The highest BCUT2D eigenvalue weighted by Gasteiger charge is 2.15. The van der Waals surface area contributed by atoms with Crippen LogP contribution in [0.15, 0.2) is 39.4 Å². The monoisotopic (exact) mass is 351 g/mol. The molecule has 2 aromatic rings. The van der Waals surface area contributed by atoms with Crippen LogP contribution in [-0.4, -0.2) is 25.0 Å². The van der Waals surface area contributed by atoms with Gasteiger partial charge in [-0.25, -0.2) is 9.97 Å². The lowest BCUT2D eigenvalue weighted by Gasteiger charge is -2.11. The summed E-state index contributed by atoms with van der Waals surface area (Å²) in [7, 11) is 0.328. The molecule has 0 radical (unpaired) electrons. The van der Waals surface area contributed by atoms with Crippen LogP contribution in [-0.2, 0) is 17.8 Å². The van der Waals surface area contributed by atoms with Gasteiger partial charge in [0, 0.05) is 41.1 Å². The Balaban J connectivity index is 2.76. The van der Waals surface area contributed by atoms with Gasteiger partial charge in [0.2, 0.25) is 5.16 Å². The van der Waals surface area contributed by atoms with Crippen LogP contribution in [0.25, 0.3) is 16.6 Å². The van der Waals surface area contributed by atoms with Gasteiger partial charge in [0.25, 0.3) is 5.56 Å². The zero-order chi connectivity index (χ0) is 17.1. The van der Waals surface area contributed by atoms with E-state index in [2.05, 4.69) is 9.97 Å². The minimum Gasteiger partial charge on any atom is -0.295 e. The number of rotatable bonds is 4. The second kappa shape index (κ2) is 7.19. The first-order chi connectivity index (χ1) is 10.9. The van der Waals surface area contributed by atoms with Crippen LogP contribution in [0.1, 0.15) is 25.8 Å². The number of allylic oxidation sites excluding steroid dienone is 4. The molecule has 1 atom stereocenters. The summed E-state index contributed by atoms with van der Waals surface area (Å²) in [4.78, 5) is 21.0. The second-order valence-corrected chi connectivity index (χ2v) is 6.65. The summed E-state index contributed by atoms with van der Waals surface area (Å²) in [5.41, 5.74) is 1.41. The standard InChI is InChI=1S/C16H18ClN3O2S/c1-5-7-13(17)11(6-2)12-8-10-9-18-16(23(4)22)19-14(10)20(3)15(12)21/h6-9H,5H2,1-4H3/b11-6-,13-7+. The third-order valence-electron chi connectivity index (χ3n) is 3.40. The molecule has 0 N–H and O–H groups in total. The molecule has 0 fully saturated rings. The third kappa shape index (κ3) is 3.43. The summed E-state index contributed by atoms with van der Waals surface area (Å²) in [6.45, 7) is 3.82. The Bertz CT molecular complexity index is 900. The van der Waals surface area contributed by atoms with Gasteiger partial charge < -0.3 is 0 Å². The Labute approximate surface area is 142 Å². The Morgan fingerprint density at radius 2 is 2.17 bits per heavy atom. The molecule has 7 heteroatoms. The fourth-order valence-corrected chi connectivity index (χ4v) is 3.06. The molecule has 0 aliphatic carbocycles. The molecule has 0 saturated heterocycles. The number of nitrogens with zero attached hydrogens (tertiary/aromatic N) is 3. The first kappa shape index (κ1) is 17.6. The van der Waals surface area contributed by atoms with E-state index in [0.29, 0.717) is 27.2 Å². The Morgan fingerprint density at radius 1 is 1.48 bits per heavy atom. The Hall–Kier alpha value is -1.79. The van der Waals surface area contributed by atoms with Crippen LogP contribution in [0.5, 0.6) is 0 Å². The summed E-state index contributed by atoms with van der Waals surface area (Å²) in [6.07, 6.45) is 7.53. The van der Waals surface area contributed by atoms with Crippen molar-refractivity contribution in [3.05, 3.63) is 45.4 Å². The first-order valence-corrected chi connectivity index (χ1v) is 9.07. The van der Waals surface area contributed by atoms with Crippen LogP contribution in [0.2, 0.25) is 0 Å². The zero-order valence-corrected chi connectivity index (χ0v) is 15.0. The quantitative estimate of drug-likeness (QED) is 0.627. The molecule has 122 valence electrons. The van der Waals surface area contributed by atoms with E-state index in [1.807, 2.05) is 26.0 Å². The van der Waals surface area contributed by atoms with Crippen LogP contribution in [0, 0.1) is 0 Å². The van der Waals surface area contributed by atoms with Gasteiger partial charge in [-0.15, -0.1) is 0 Å². The lowest BCUT2D eigenvalue weighted by Crippen LogP contribution is -2.22. The number of fused-ring (bicyclic) bond motifs is 1. The second-order valence-electron chi connectivity index (χ2n) is 4.97. The number of hydrogen-bond donors (Lipinski definition) is 0. The van der Waals surface area contributed by atoms with Gasteiger partial charge in [-0.05, 0) is 19.4 Å². The molecule has 2 rings (SSSR count). The fraction of sp³-hybridized carbons (Fsp3) is 0.312. The number of hydrogen-bond acceptors (Lipinski definition) is 4. The molecule has 0 aliphatic rings. The van der Waals surface area contributed by atoms with E-state index in [-0.39, 0.29) is 10.7 Å². The smallest absolute Gasteiger partial charge is 0.259 e. The number of halogens is 1.